The molecule has 3 aliphatic rings. The smallest absolute Gasteiger partial charge is 0.282 e. The summed E-state index contributed by atoms with van der Waals surface area (Å²) >= 11 is 3.42. The van der Waals surface area contributed by atoms with E-state index >= 15 is 0 Å². The predicted molar refractivity (Wildman–Crippen MR) is 179 cm³/mol. The number of carbonyl (C=O) groups excluding carboxylic acids is 3. The fraction of sp³-hybridized carbons (Fsp3) is 0.441. The van der Waals surface area contributed by atoms with Crippen molar-refractivity contribution in [2.45, 2.75) is 43.7 Å². The van der Waals surface area contributed by atoms with Gasteiger partial charge in [-0.3, -0.25) is 29.4 Å². The van der Waals surface area contributed by atoms with Crippen LogP contribution in [0, 0.1) is 0 Å². The molecule has 1 unspecified atom stereocenters. The van der Waals surface area contributed by atoms with Crippen LogP contribution in [-0.4, -0.2) is 94.6 Å². The highest BCUT2D eigenvalue weighted by molar-refractivity contribution is 9.10. The number of rotatable bonds is 7. The Bertz CT molecular complexity index is 1650. The Hall–Kier alpha value is -3.87. The van der Waals surface area contributed by atoms with Crippen molar-refractivity contribution in [1.82, 2.24) is 29.8 Å². The van der Waals surface area contributed by atoms with Crippen molar-refractivity contribution in [2.75, 3.05) is 51.6 Å². The van der Waals surface area contributed by atoms with E-state index in [0.29, 0.717) is 47.6 Å². The second kappa shape index (κ2) is 13.9. The lowest BCUT2D eigenvalue weighted by atomic mass is 9.87. The molecule has 0 spiro atoms. The number of piperazine rings is 1. The number of imide groups is 1. The number of nitrogens with one attached hydrogen (secondary N) is 2. The first-order valence-corrected chi connectivity index (χ1v) is 16.6. The summed E-state index contributed by atoms with van der Waals surface area (Å²) in [5, 5.41) is 10.1. The maximum Gasteiger partial charge on any atom is 0.282 e. The van der Waals surface area contributed by atoms with Crippen molar-refractivity contribution in [3.63, 3.8) is 0 Å². The minimum absolute atomic E-state index is 0.0584. The van der Waals surface area contributed by atoms with Crippen LogP contribution in [0.5, 0.6) is 0 Å². The number of aryl methyl sites for hydroxylation is 1. The van der Waals surface area contributed by atoms with Crippen LogP contribution >= 0.6 is 15.9 Å². The third-order valence-electron chi connectivity index (χ3n) is 9.39. The molecule has 2 aromatic carbocycles. The van der Waals surface area contributed by atoms with Gasteiger partial charge in [0.15, 0.2) is 0 Å². The summed E-state index contributed by atoms with van der Waals surface area (Å²) in [7, 11) is 3.73. The minimum atomic E-state index is -0.272. The summed E-state index contributed by atoms with van der Waals surface area (Å²) in [6.07, 6.45) is 3.51. The number of hydrogen-bond acceptors (Lipinski definition) is 8. The maximum atomic E-state index is 13.4. The van der Waals surface area contributed by atoms with Crippen molar-refractivity contribution < 1.29 is 14.4 Å². The Kier molecular flexibility index (Phi) is 9.67. The highest BCUT2D eigenvalue weighted by Crippen LogP contribution is 2.30. The Balaban J connectivity index is 1.00. The summed E-state index contributed by atoms with van der Waals surface area (Å²) in [5.41, 5.74) is 4.53. The summed E-state index contributed by atoms with van der Waals surface area (Å²) in [5.74, 6) is -0.337. The average molecular weight is 691 g/mol. The Labute approximate surface area is 277 Å². The van der Waals surface area contributed by atoms with Crippen LogP contribution in [0.25, 0.3) is 0 Å². The highest BCUT2D eigenvalue weighted by Gasteiger charge is 2.29. The van der Waals surface area contributed by atoms with Gasteiger partial charge in [0.25, 0.3) is 11.5 Å². The third kappa shape index (κ3) is 7.24. The Morgan fingerprint density at radius 3 is 2.35 bits per heavy atom. The zero-order valence-corrected chi connectivity index (χ0v) is 27.8. The van der Waals surface area contributed by atoms with Crippen LogP contribution in [0.15, 0.2) is 64.0 Å². The van der Waals surface area contributed by atoms with Gasteiger partial charge in [-0.25, -0.2) is 4.68 Å². The molecule has 3 aromatic rings. The Morgan fingerprint density at radius 1 is 0.957 bits per heavy atom. The maximum absolute atomic E-state index is 13.4. The van der Waals surface area contributed by atoms with Gasteiger partial charge in [0, 0.05) is 70.9 Å². The number of benzene rings is 2. The van der Waals surface area contributed by atoms with E-state index in [9.17, 15) is 19.2 Å². The van der Waals surface area contributed by atoms with Crippen molar-refractivity contribution in [1.29, 1.82) is 0 Å². The molecule has 12 heteroatoms. The van der Waals surface area contributed by atoms with E-state index in [1.54, 1.807) is 13.2 Å². The van der Waals surface area contributed by atoms with Crippen molar-refractivity contribution in [3.05, 3.63) is 91.8 Å². The first-order valence-electron chi connectivity index (χ1n) is 15.9. The molecule has 3 amide bonds. The molecule has 0 bridgehead atoms. The molecular weight excluding hydrogens is 650 g/mol. The molecular formula is C34H40BrN7O4. The molecule has 0 aliphatic carbocycles. The van der Waals surface area contributed by atoms with E-state index in [1.807, 2.05) is 29.2 Å². The van der Waals surface area contributed by atoms with E-state index in [1.165, 1.54) is 10.2 Å². The SMILES string of the molecule is CN1C[C@H](Nc2cnn(C)c(=O)c2Br)C[C@H](c2ccc(C(=O)N3CCN(Cc4ccc(C5CCC(=O)NC5=O)cc4)CC3)cc2)C1. The Morgan fingerprint density at radius 2 is 1.65 bits per heavy atom. The van der Waals surface area contributed by atoms with Gasteiger partial charge in [-0.15, -0.1) is 0 Å². The number of carbonyl (C=O) groups is 3. The topological polar surface area (TPSA) is 120 Å². The minimum Gasteiger partial charge on any atom is -0.379 e. The van der Waals surface area contributed by atoms with Crippen molar-refractivity contribution in [3.8, 4) is 0 Å². The molecule has 242 valence electrons. The second-order valence-corrected chi connectivity index (χ2v) is 13.5. The molecule has 1 aromatic heterocycles. The predicted octanol–water partition coefficient (Wildman–Crippen LogP) is 2.92. The monoisotopic (exact) mass is 689 g/mol. The molecule has 0 radical (unpaired) electrons. The first-order chi connectivity index (χ1) is 22.1. The van der Waals surface area contributed by atoms with Crippen molar-refractivity contribution in [2.24, 2.45) is 7.05 Å². The van der Waals surface area contributed by atoms with Gasteiger partial charge in [0.1, 0.15) is 4.47 Å². The van der Waals surface area contributed by atoms with E-state index in [2.05, 4.69) is 72.8 Å². The molecule has 6 rings (SSSR count). The van der Waals surface area contributed by atoms with Gasteiger partial charge in [0.2, 0.25) is 11.8 Å². The molecule has 0 saturated carbocycles. The molecule has 3 aliphatic heterocycles. The van der Waals surface area contributed by atoms with E-state index < -0.39 is 0 Å². The fourth-order valence-electron chi connectivity index (χ4n) is 6.81. The molecule has 3 fully saturated rings. The number of likely N-dealkylation sites (N-methyl/N-ethyl adjacent to an activating group) is 1. The summed E-state index contributed by atoms with van der Waals surface area (Å²) in [4.78, 5) is 55.9. The van der Waals surface area contributed by atoms with Crippen LogP contribution in [-0.2, 0) is 23.2 Å². The van der Waals surface area contributed by atoms with Gasteiger partial charge < -0.3 is 15.1 Å². The van der Waals surface area contributed by atoms with Gasteiger partial charge in [0.05, 0.1) is 17.8 Å². The highest BCUT2D eigenvalue weighted by atomic mass is 79.9. The van der Waals surface area contributed by atoms with Crippen molar-refractivity contribution >= 4 is 39.3 Å². The van der Waals surface area contributed by atoms with E-state index in [-0.39, 0.29) is 35.2 Å². The van der Waals surface area contributed by atoms with Crippen LogP contribution < -0.4 is 16.2 Å². The number of halogens is 1. The number of piperidine rings is 2. The second-order valence-electron chi connectivity index (χ2n) is 12.7. The van der Waals surface area contributed by atoms with E-state index in [4.69, 9.17) is 0 Å². The molecule has 3 atom stereocenters. The number of hydrogen-bond donors (Lipinski definition) is 2. The summed E-state index contributed by atoms with van der Waals surface area (Å²) < 4.78 is 1.79. The quantitative estimate of drug-likeness (QED) is 0.364. The molecule has 3 saturated heterocycles. The molecule has 2 N–H and O–H groups in total. The van der Waals surface area contributed by atoms with Crippen LogP contribution in [0.4, 0.5) is 5.69 Å². The number of anilines is 1. The average Bonchev–Trinajstić information content (AvgIpc) is 3.05. The van der Waals surface area contributed by atoms with Crippen LogP contribution in [0.3, 0.4) is 0 Å². The van der Waals surface area contributed by atoms with Gasteiger partial charge in [-0.05, 0) is 70.6 Å². The van der Waals surface area contributed by atoms with E-state index in [0.717, 1.165) is 50.3 Å². The third-order valence-corrected chi connectivity index (χ3v) is 10.2. The standard InChI is InChI=1S/C34H40BrN7O4/c1-39-20-26(17-27(21-39)37-29-18-36-40(2)34(46)31(29)35)23-7-9-25(10-8-23)33(45)42-15-13-41(14-16-42)19-22-3-5-24(6-4-22)28-11-12-30(43)38-32(28)44/h3-10,18,26-28,37H,11-17,19-21H2,1-2H3,(H,38,43,44)/t26-,27+,28?/m0/s1. The zero-order valence-electron chi connectivity index (χ0n) is 26.2. The number of likely N-dealkylation sites (tertiary alicyclic amines) is 1. The van der Waals surface area contributed by atoms with Gasteiger partial charge >= 0.3 is 0 Å². The molecule has 4 heterocycles. The summed E-state index contributed by atoms with van der Waals surface area (Å²) in [6, 6.07) is 16.3. The number of aromatic nitrogens is 2. The normalized spacial score (nSPS) is 22.8. The van der Waals surface area contributed by atoms with Crippen LogP contribution in [0.2, 0.25) is 0 Å². The van der Waals surface area contributed by atoms with Gasteiger partial charge in [-0.2, -0.15) is 5.10 Å². The lowest BCUT2D eigenvalue weighted by molar-refractivity contribution is -0.134. The lowest BCUT2D eigenvalue weighted by Crippen LogP contribution is -2.48. The summed E-state index contributed by atoms with van der Waals surface area (Å²) in [6.45, 7) is 5.48. The number of nitrogens with zero attached hydrogens (tertiary/aromatic N) is 5. The fourth-order valence-corrected chi connectivity index (χ4v) is 7.28. The molecule has 11 nitrogen and oxygen atoms in total. The first kappa shape index (κ1) is 32.1. The van der Waals surface area contributed by atoms with Crippen LogP contribution in [0.1, 0.15) is 58.1 Å². The molecule has 46 heavy (non-hydrogen) atoms. The number of amides is 3. The zero-order chi connectivity index (χ0) is 32.4. The largest absolute Gasteiger partial charge is 0.379 e. The lowest BCUT2D eigenvalue weighted by Gasteiger charge is -2.37. The van der Waals surface area contributed by atoms with Gasteiger partial charge in [-0.1, -0.05) is 36.4 Å².